The molecule has 2 N–H and O–H groups in total. The van der Waals surface area contributed by atoms with Gasteiger partial charge in [0.1, 0.15) is 11.6 Å². The number of amides is 2. The Morgan fingerprint density at radius 3 is 2.16 bits per heavy atom. The van der Waals surface area contributed by atoms with E-state index in [1.54, 1.807) is 11.9 Å². The summed E-state index contributed by atoms with van der Waals surface area (Å²) in [6, 6.07) is 17.7. The molecule has 0 spiro atoms. The van der Waals surface area contributed by atoms with Crippen LogP contribution in [0.25, 0.3) is 11.1 Å². The zero-order valence-corrected chi connectivity index (χ0v) is 23.3. The van der Waals surface area contributed by atoms with E-state index in [-0.39, 0.29) is 12.2 Å². The van der Waals surface area contributed by atoms with E-state index in [1.165, 1.54) is 0 Å². The van der Waals surface area contributed by atoms with Crippen molar-refractivity contribution in [3.05, 3.63) is 89.2 Å². The van der Waals surface area contributed by atoms with Crippen molar-refractivity contribution in [1.82, 2.24) is 10.2 Å². The van der Waals surface area contributed by atoms with E-state index in [9.17, 15) is 32.3 Å². The highest BCUT2D eigenvalue weighted by molar-refractivity contribution is 5.80. The molecule has 3 aromatic rings. The molecule has 0 saturated heterocycles. The van der Waals surface area contributed by atoms with Gasteiger partial charge in [-0.05, 0) is 61.4 Å². The molecule has 1 atom stereocenters. The summed E-state index contributed by atoms with van der Waals surface area (Å²) in [5.74, 6) is -2.37. The topological polar surface area (TPSA) is 88.1 Å². The van der Waals surface area contributed by atoms with Crippen LogP contribution in [0.3, 0.4) is 0 Å². The van der Waals surface area contributed by atoms with Crippen molar-refractivity contribution in [3.8, 4) is 16.9 Å². The summed E-state index contributed by atoms with van der Waals surface area (Å²) in [4.78, 5) is 27.9. The number of hydrogen-bond acceptors (Lipinski definition) is 5. The quantitative estimate of drug-likeness (QED) is 0.340. The number of aliphatic hydroxyl groups excluding tert-OH is 1. The fourth-order valence-electron chi connectivity index (χ4n) is 6.82. The summed E-state index contributed by atoms with van der Waals surface area (Å²) in [6.45, 7) is -0.612. The molecule has 7 nitrogen and oxygen atoms in total. The van der Waals surface area contributed by atoms with Gasteiger partial charge in [-0.25, -0.2) is 9.18 Å². The highest BCUT2D eigenvalue weighted by Crippen LogP contribution is 2.51. The van der Waals surface area contributed by atoms with Crippen molar-refractivity contribution in [2.75, 3.05) is 13.7 Å². The number of ether oxygens (including phenoxy) is 2. The molecule has 0 unspecified atom stereocenters. The molecule has 3 aromatic carbocycles. The molecular weight excluding hydrogens is 568 g/mol. The summed E-state index contributed by atoms with van der Waals surface area (Å²) in [6.07, 6.45) is -4.98. The number of halogens is 4. The summed E-state index contributed by atoms with van der Waals surface area (Å²) < 4.78 is 63.9. The summed E-state index contributed by atoms with van der Waals surface area (Å²) in [7, 11) is 1.67. The smallest absolute Gasteiger partial charge is 0.419 e. The van der Waals surface area contributed by atoms with E-state index in [2.05, 4.69) is 5.32 Å². The average molecular weight is 599 g/mol. The molecule has 4 aliphatic carbocycles. The number of rotatable bonds is 6. The number of aliphatic hydroxyl groups is 1. The normalized spacial score (nSPS) is 24.2. The van der Waals surface area contributed by atoms with E-state index < -0.39 is 59.5 Å². The van der Waals surface area contributed by atoms with Gasteiger partial charge in [-0.2, -0.15) is 13.2 Å². The molecule has 2 amide bonds. The Morgan fingerprint density at radius 2 is 1.58 bits per heavy atom. The Bertz CT molecular complexity index is 1520. The zero-order valence-electron chi connectivity index (χ0n) is 23.3. The van der Waals surface area contributed by atoms with Crippen LogP contribution in [0.5, 0.6) is 5.75 Å². The fraction of sp³-hybridized carbons (Fsp3) is 0.375. The monoisotopic (exact) mass is 598 g/mol. The van der Waals surface area contributed by atoms with Crippen LogP contribution < -0.4 is 10.1 Å². The van der Waals surface area contributed by atoms with Crippen LogP contribution in [0.2, 0.25) is 0 Å². The first kappa shape index (κ1) is 29.0. The molecule has 7 rings (SSSR count). The molecule has 0 heterocycles. The van der Waals surface area contributed by atoms with Crippen LogP contribution in [-0.2, 0) is 15.7 Å². The van der Waals surface area contributed by atoms with Crippen LogP contribution in [0.15, 0.2) is 66.7 Å². The van der Waals surface area contributed by atoms with Crippen molar-refractivity contribution in [1.29, 1.82) is 0 Å². The largest absolute Gasteiger partial charge is 0.484 e. The first-order valence-electron chi connectivity index (χ1n) is 14.0. The lowest BCUT2D eigenvalue weighted by Crippen LogP contribution is -2.70. The number of alkyl halides is 3. The van der Waals surface area contributed by atoms with Crippen molar-refractivity contribution >= 4 is 12.0 Å². The van der Waals surface area contributed by atoms with Gasteiger partial charge in [0, 0.05) is 23.7 Å². The van der Waals surface area contributed by atoms with E-state index in [0.29, 0.717) is 37.8 Å². The number of fused-ring (bicyclic) bond motifs is 6. The van der Waals surface area contributed by atoms with Gasteiger partial charge < -0.3 is 24.8 Å². The Morgan fingerprint density at radius 1 is 0.977 bits per heavy atom. The third kappa shape index (κ3) is 5.09. The standard InChI is InChI=1S/C32H30F4N2O5/c1-38(29(41)43-28-22-8-4-2-6-20(22)21-7-3-5-9-23(21)28)30-12-14-31(15-13-30,26(39)17-30)37-27(40)18-42-19-10-11-25(33)24(16-19)32(34,35)36/h2-11,16,26,28,39H,12-15,17-18H2,1H3,(H,37,40)/t26-,30?,31?/m1/s1. The number of carbonyl (C=O) groups excluding carboxylic acids is 2. The Kier molecular flexibility index (Phi) is 7.11. The van der Waals surface area contributed by atoms with Gasteiger partial charge in [0.15, 0.2) is 12.7 Å². The van der Waals surface area contributed by atoms with Crippen LogP contribution in [0.1, 0.15) is 54.9 Å². The lowest BCUT2D eigenvalue weighted by Gasteiger charge is -2.58. The second-order valence-electron chi connectivity index (χ2n) is 11.6. The van der Waals surface area contributed by atoms with Crippen molar-refractivity contribution in [3.63, 3.8) is 0 Å². The van der Waals surface area contributed by atoms with Crippen molar-refractivity contribution in [2.24, 2.45) is 0 Å². The molecule has 0 aromatic heterocycles. The molecule has 226 valence electrons. The van der Waals surface area contributed by atoms with E-state index in [0.717, 1.165) is 28.3 Å². The predicted octanol–water partition coefficient (Wildman–Crippen LogP) is 5.99. The predicted molar refractivity (Wildman–Crippen MR) is 148 cm³/mol. The van der Waals surface area contributed by atoms with Gasteiger partial charge >= 0.3 is 12.3 Å². The van der Waals surface area contributed by atoms with Crippen molar-refractivity contribution < 1.29 is 41.7 Å². The maximum absolute atomic E-state index is 13.6. The summed E-state index contributed by atoms with van der Waals surface area (Å²) in [5, 5.41) is 14.0. The minimum atomic E-state index is -4.91. The molecule has 0 aliphatic heterocycles. The second kappa shape index (κ2) is 10.6. The van der Waals surface area contributed by atoms with Gasteiger partial charge in [-0.3, -0.25) is 4.79 Å². The lowest BCUT2D eigenvalue weighted by atomic mass is 9.59. The molecule has 0 radical (unpaired) electrons. The van der Waals surface area contributed by atoms with Gasteiger partial charge in [0.2, 0.25) is 0 Å². The maximum Gasteiger partial charge on any atom is 0.419 e. The van der Waals surface area contributed by atoms with Crippen LogP contribution in [0.4, 0.5) is 22.4 Å². The third-order valence-electron chi connectivity index (χ3n) is 9.27. The third-order valence-corrected chi connectivity index (χ3v) is 9.27. The molecule has 43 heavy (non-hydrogen) atoms. The minimum Gasteiger partial charge on any atom is -0.484 e. The van der Waals surface area contributed by atoms with E-state index in [1.807, 2.05) is 48.5 Å². The lowest BCUT2D eigenvalue weighted by molar-refractivity contribution is -0.140. The number of nitrogens with zero attached hydrogens (tertiary/aromatic N) is 1. The molecular formula is C32H30F4N2O5. The molecule has 4 aliphatic rings. The van der Waals surface area contributed by atoms with Crippen LogP contribution in [-0.4, -0.2) is 52.8 Å². The van der Waals surface area contributed by atoms with Gasteiger partial charge in [-0.1, -0.05) is 48.5 Å². The first-order chi connectivity index (χ1) is 20.4. The SMILES string of the molecule is CN(C(=O)OC1c2ccccc2-c2ccccc21)C12CCC(NC(=O)COc3ccc(F)c(C(F)(F)F)c3)(CC1)[C@H](O)C2. The van der Waals surface area contributed by atoms with Gasteiger partial charge in [0.05, 0.1) is 17.2 Å². The molecule has 3 fully saturated rings. The van der Waals surface area contributed by atoms with Gasteiger partial charge in [-0.15, -0.1) is 0 Å². The average Bonchev–Trinajstić information content (AvgIpc) is 3.30. The molecule has 2 bridgehead atoms. The maximum atomic E-state index is 13.6. The van der Waals surface area contributed by atoms with E-state index in [4.69, 9.17) is 9.47 Å². The highest BCUT2D eigenvalue weighted by atomic mass is 19.4. The summed E-state index contributed by atoms with van der Waals surface area (Å²) in [5.41, 5.74) is 0.748. The summed E-state index contributed by atoms with van der Waals surface area (Å²) >= 11 is 0. The Balaban J connectivity index is 1.09. The first-order valence-corrected chi connectivity index (χ1v) is 14.0. The van der Waals surface area contributed by atoms with Gasteiger partial charge in [0.25, 0.3) is 5.91 Å². The number of hydrogen-bond donors (Lipinski definition) is 2. The van der Waals surface area contributed by atoms with Crippen LogP contribution in [0, 0.1) is 5.82 Å². The fourth-order valence-corrected chi connectivity index (χ4v) is 6.82. The molecule has 11 heteroatoms. The number of carbonyl (C=O) groups is 2. The highest BCUT2D eigenvalue weighted by Gasteiger charge is 2.57. The number of nitrogens with one attached hydrogen (secondary N) is 1. The second-order valence-corrected chi connectivity index (χ2v) is 11.6. The zero-order chi connectivity index (χ0) is 30.6. The van der Waals surface area contributed by atoms with Crippen molar-refractivity contribution in [2.45, 2.75) is 61.6 Å². The Hall–Kier alpha value is -4.12. The number of benzene rings is 3. The van der Waals surface area contributed by atoms with Crippen LogP contribution >= 0.6 is 0 Å². The van der Waals surface area contributed by atoms with E-state index >= 15 is 0 Å². The Labute approximate surface area is 245 Å². The minimum absolute atomic E-state index is 0.213. The molecule has 3 saturated carbocycles.